The number of esters is 1. The first kappa shape index (κ1) is 21.6. The monoisotopic (exact) mass is 446 g/mol. The third kappa shape index (κ3) is 7.15. The molecule has 2 N–H and O–H groups in total. The number of ether oxygens (including phenoxy) is 1. The molecule has 1 atom stereocenters. The van der Waals surface area contributed by atoms with Crippen molar-refractivity contribution < 1.29 is 19.1 Å². The maximum Gasteiger partial charge on any atom is 0.325 e. The van der Waals surface area contributed by atoms with Gasteiger partial charge in [-0.15, -0.1) is 0 Å². The molecule has 0 aliphatic rings. The number of amides is 2. The molecule has 0 radical (unpaired) electrons. The highest BCUT2D eigenvalue weighted by atomic mass is 79.9. The molecule has 2 aromatic carbocycles. The van der Waals surface area contributed by atoms with Crippen LogP contribution in [0.3, 0.4) is 0 Å². The predicted molar refractivity (Wildman–Crippen MR) is 110 cm³/mol. The fraction of sp³-hybridized carbons (Fsp3) is 0.286. The smallest absolute Gasteiger partial charge is 0.325 e. The molecule has 7 heteroatoms. The molecule has 148 valence electrons. The van der Waals surface area contributed by atoms with Crippen molar-refractivity contribution >= 4 is 33.7 Å². The Balaban J connectivity index is 1.76. The van der Waals surface area contributed by atoms with Crippen molar-refractivity contribution in [1.82, 2.24) is 10.6 Å². The first-order chi connectivity index (χ1) is 13.5. The summed E-state index contributed by atoms with van der Waals surface area (Å²) < 4.78 is 5.72. The van der Waals surface area contributed by atoms with Crippen LogP contribution in [0.2, 0.25) is 0 Å². The second-order valence-corrected chi connectivity index (χ2v) is 7.09. The van der Waals surface area contributed by atoms with Crippen LogP contribution >= 0.6 is 15.9 Å². The van der Waals surface area contributed by atoms with Crippen LogP contribution in [0.1, 0.15) is 41.7 Å². The molecular formula is C21H23BrN2O4. The minimum atomic E-state index is -0.676. The van der Waals surface area contributed by atoms with Crippen LogP contribution in [0.15, 0.2) is 59.1 Å². The average Bonchev–Trinajstić information content (AvgIpc) is 2.70. The van der Waals surface area contributed by atoms with Crippen LogP contribution in [0.25, 0.3) is 0 Å². The molecule has 6 nitrogen and oxygen atoms in total. The molecule has 0 saturated heterocycles. The Kier molecular flexibility index (Phi) is 8.68. The van der Waals surface area contributed by atoms with E-state index in [0.29, 0.717) is 5.56 Å². The highest BCUT2D eigenvalue weighted by Crippen LogP contribution is 2.17. The van der Waals surface area contributed by atoms with Gasteiger partial charge in [0.15, 0.2) is 6.61 Å². The normalized spacial score (nSPS) is 11.4. The lowest BCUT2D eigenvalue weighted by molar-refractivity contribution is -0.147. The van der Waals surface area contributed by atoms with Gasteiger partial charge in [-0.1, -0.05) is 65.7 Å². The van der Waals surface area contributed by atoms with Gasteiger partial charge >= 0.3 is 5.97 Å². The fourth-order valence-corrected chi connectivity index (χ4v) is 3.01. The molecule has 0 bridgehead atoms. The summed E-state index contributed by atoms with van der Waals surface area (Å²) in [4.78, 5) is 35.9. The van der Waals surface area contributed by atoms with Gasteiger partial charge in [-0.05, 0) is 30.2 Å². The molecule has 28 heavy (non-hydrogen) atoms. The van der Waals surface area contributed by atoms with Crippen molar-refractivity contribution in [3.8, 4) is 0 Å². The van der Waals surface area contributed by atoms with E-state index in [-0.39, 0.29) is 18.5 Å². The SMILES string of the molecule is CCCC(NC(=O)COC(=O)CNC(=O)c1cccc(Br)c1)c1ccccc1. The summed E-state index contributed by atoms with van der Waals surface area (Å²) in [5.74, 6) is -1.45. The van der Waals surface area contributed by atoms with E-state index in [2.05, 4.69) is 26.6 Å². The van der Waals surface area contributed by atoms with Gasteiger partial charge in [0.2, 0.25) is 0 Å². The van der Waals surface area contributed by atoms with Gasteiger partial charge in [-0.25, -0.2) is 0 Å². The Morgan fingerprint density at radius 3 is 2.50 bits per heavy atom. The Labute approximate surface area is 172 Å². The van der Waals surface area contributed by atoms with Crippen LogP contribution in [0.5, 0.6) is 0 Å². The topological polar surface area (TPSA) is 84.5 Å². The zero-order valence-corrected chi connectivity index (χ0v) is 17.2. The van der Waals surface area contributed by atoms with Crippen molar-refractivity contribution in [2.24, 2.45) is 0 Å². The average molecular weight is 447 g/mol. The number of carbonyl (C=O) groups excluding carboxylic acids is 3. The Morgan fingerprint density at radius 1 is 1.07 bits per heavy atom. The van der Waals surface area contributed by atoms with E-state index in [1.807, 2.05) is 37.3 Å². The van der Waals surface area contributed by atoms with Crippen LogP contribution in [-0.2, 0) is 14.3 Å². The van der Waals surface area contributed by atoms with Crippen molar-refractivity contribution in [2.45, 2.75) is 25.8 Å². The van der Waals surface area contributed by atoms with E-state index >= 15 is 0 Å². The lowest BCUT2D eigenvalue weighted by atomic mass is 10.0. The number of hydrogen-bond donors (Lipinski definition) is 2. The van der Waals surface area contributed by atoms with Gasteiger partial charge < -0.3 is 15.4 Å². The van der Waals surface area contributed by atoms with Gasteiger partial charge in [0.25, 0.3) is 11.8 Å². The summed E-state index contributed by atoms with van der Waals surface area (Å²) in [7, 11) is 0. The van der Waals surface area contributed by atoms with E-state index in [9.17, 15) is 14.4 Å². The summed E-state index contributed by atoms with van der Waals surface area (Å²) in [5, 5.41) is 5.35. The zero-order chi connectivity index (χ0) is 20.4. The van der Waals surface area contributed by atoms with E-state index in [0.717, 1.165) is 22.9 Å². The lowest BCUT2D eigenvalue weighted by Crippen LogP contribution is -2.35. The molecule has 2 amide bonds. The van der Waals surface area contributed by atoms with Crippen LogP contribution in [0, 0.1) is 0 Å². The number of rotatable bonds is 9. The minimum absolute atomic E-state index is 0.131. The maximum absolute atomic E-state index is 12.1. The number of halogens is 1. The molecule has 0 aliphatic heterocycles. The van der Waals surface area contributed by atoms with Gasteiger partial charge in [-0.2, -0.15) is 0 Å². The zero-order valence-electron chi connectivity index (χ0n) is 15.6. The van der Waals surface area contributed by atoms with Crippen LogP contribution in [-0.4, -0.2) is 30.9 Å². The van der Waals surface area contributed by atoms with E-state index in [1.54, 1.807) is 24.3 Å². The summed E-state index contributed by atoms with van der Waals surface area (Å²) in [6, 6.07) is 16.3. The highest BCUT2D eigenvalue weighted by molar-refractivity contribution is 9.10. The first-order valence-corrected chi connectivity index (χ1v) is 9.82. The summed E-state index contributed by atoms with van der Waals surface area (Å²) in [6.07, 6.45) is 1.69. The fourth-order valence-electron chi connectivity index (χ4n) is 2.61. The standard InChI is InChI=1S/C21H23BrN2O4/c1-2-7-18(15-8-4-3-5-9-15)24-19(25)14-28-20(26)13-23-21(27)16-10-6-11-17(22)12-16/h3-6,8-12,18H,2,7,13-14H2,1H3,(H,23,27)(H,24,25). The minimum Gasteiger partial charge on any atom is -0.454 e. The third-order valence-electron chi connectivity index (χ3n) is 3.96. The van der Waals surface area contributed by atoms with E-state index < -0.39 is 18.5 Å². The van der Waals surface area contributed by atoms with Gasteiger partial charge in [0.05, 0.1) is 6.04 Å². The van der Waals surface area contributed by atoms with E-state index in [4.69, 9.17) is 4.74 Å². The molecule has 2 rings (SSSR count). The summed E-state index contributed by atoms with van der Waals surface area (Å²) in [5.41, 5.74) is 1.43. The number of benzene rings is 2. The van der Waals surface area contributed by atoms with Crippen molar-refractivity contribution in [3.05, 3.63) is 70.2 Å². The molecule has 0 fully saturated rings. The predicted octanol–water partition coefficient (Wildman–Crippen LogP) is 3.38. The summed E-state index contributed by atoms with van der Waals surface area (Å²) in [6.45, 7) is 1.34. The second-order valence-electron chi connectivity index (χ2n) is 6.17. The van der Waals surface area contributed by atoms with E-state index in [1.165, 1.54) is 0 Å². The van der Waals surface area contributed by atoms with Crippen molar-refractivity contribution in [3.63, 3.8) is 0 Å². The largest absolute Gasteiger partial charge is 0.454 e. The van der Waals surface area contributed by atoms with Crippen molar-refractivity contribution in [1.29, 1.82) is 0 Å². The molecule has 0 aromatic heterocycles. The van der Waals surface area contributed by atoms with Gasteiger partial charge in [0.1, 0.15) is 6.54 Å². The Bertz CT molecular complexity index is 811. The third-order valence-corrected chi connectivity index (χ3v) is 4.45. The quantitative estimate of drug-likeness (QED) is 0.578. The second kappa shape index (κ2) is 11.2. The molecule has 0 saturated carbocycles. The molecule has 0 spiro atoms. The molecule has 2 aromatic rings. The molecule has 0 aliphatic carbocycles. The molecule has 0 heterocycles. The van der Waals surface area contributed by atoms with Gasteiger partial charge in [0, 0.05) is 10.0 Å². The Hall–Kier alpha value is -2.67. The molecule has 1 unspecified atom stereocenters. The number of carbonyl (C=O) groups is 3. The highest BCUT2D eigenvalue weighted by Gasteiger charge is 2.15. The van der Waals surface area contributed by atoms with Crippen LogP contribution in [0.4, 0.5) is 0 Å². The van der Waals surface area contributed by atoms with Crippen LogP contribution < -0.4 is 10.6 Å². The maximum atomic E-state index is 12.1. The molecular weight excluding hydrogens is 424 g/mol. The lowest BCUT2D eigenvalue weighted by Gasteiger charge is -2.18. The Morgan fingerprint density at radius 2 is 1.82 bits per heavy atom. The number of hydrogen-bond acceptors (Lipinski definition) is 4. The number of nitrogens with one attached hydrogen (secondary N) is 2. The summed E-state index contributed by atoms with van der Waals surface area (Å²) >= 11 is 3.28. The van der Waals surface area contributed by atoms with Gasteiger partial charge in [-0.3, -0.25) is 14.4 Å². The van der Waals surface area contributed by atoms with Crippen molar-refractivity contribution in [2.75, 3.05) is 13.2 Å². The first-order valence-electron chi connectivity index (χ1n) is 9.03.